The van der Waals surface area contributed by atoms with E-state index in [1.165, 1.54) is 24.0 Å². The number of carbonyl (C=O) groups is 1. The third-order valence-electron chi connectivity index (χ3n) is 8.25. The Hall–Kier alpha value is -2.92. The van der Waals surface area contributed by atoms with Crippen LogP contribution in [0.15, 0.2) is 60.8 Å². The van der Waals surface area contributed by atoms with Gasteiger partial charge in [-0.2, -0.15) is 0 Å². The number of hydrogen-bond acceptors (Lipinski definition) is 4. The minimum Gasteiger partial charge on any atom is -0.497 e. The van der Waals surface area contributed by atoms with Crippen LogP contribution in [-0.4, -0.2) is 47.2 Å². The number of likely N-dealkylation sites (tertiary alicyclic amines) is 1. The van der Waals surface area contributed by atoms with Crippen LogP contribution in [0.4, 0.5) is 0 Å². The quantitative estimate of drug-likeness (QED) is 0.471. The number of carboxylic acids is 1. The van der Waals surface area contributed by atoms with Crippen LogP contribution < -0.4 is 4.74 Å². The number of hydrogen-bond donors (Lipinski definition) is 1. The lowest BCUT2D eigenvalue weighted by Gasteiger charge is -2.48. The summed E-state index contributed by atoms with van der Waals surface area (Å²) >= 11 is 0. The first kappa shape index (κ1) is 22.9. The number of ether oxygens (including phenoxy) is 1. The van der Waals surface area contributed by atoms with E-state index in [1.54, 1.807) is 7.11 Å². The van der Waals surface area contributed by atoms with E-state index in [0.717, 1.165) is 61.8 Å². The van der Waals surface area contributed by atoms with Gasteiger partial charge in [0.1, 0.15) is 5.75 Å². The van der Waals surface area contributed by atoms with Gasteiger partial charge in [0, 0.05) is 17.6 Å². The summed E-state index contributed by atoms with van der Waals surface area (Å²) in [6.45, 7) is 1.79. The van der Waals surface area contributed by atoms with E-state index in [4.69, 9.17) is 4.74 Å². The minimum absolute atomic E-state index is 0.598. The topological polar surface area (TPSA) is 62.7 Å². The highest BCUT2D eigenvalue weighted by atomic mass is 16.5. The summed E-state index contributed by atoms with van der Waals surface area (Å²) in [6, 6.07) is 19.4. The molecular formula is C29H34N2O3. The molecule has 0 radical (unpaired) electrons. The van der Waals surface area contributed by atoms with Crippen LogP contribution >= 0.6 is 0 Å². The van der Waals surface area contributed by atoms with Gasteiger partial charge in [0.05, 0.1) is 18.0 Å². The molecular weight excluding hydrogens is 424 g/mol. The van der Waals surface area contributed by atoms with Crippen molar-refractivity contribution in [3.05, 3.63) is 71.9 Å². The van der Waals surface area contributed by atoms with E-state index in [2.05, 4.69) is 46.3 Å². The maximum atomic E-state index is 12.4. The van der Waals surface area contributed by atoms with Crippen LogP contribution in [0.1, 0.15) is 55.6 Å². The van der Waals surface area contributed by atoms with Gasteiger partial charge in [-0.25, -0.2) is 0 Å². The van der Waals surface area contributed by atoms with Crippen LogP contribution in [0.2, 0.25) is 0 Å². The third-order valence-corrected chi connectivity index (χ3v) is 8.25. The van der Waals surface area contributed by atoms with Crippen molar-refractivity contribution >= 4 is 16.9 Å². The van der Waals surface area contributed by atoms with Gasteiger partial charge < -0.3 is 14.7 Å². The standard InChI is InChI=1S/C29H34N2O3/c1-34-25-9-10-27-26(20-25)22(11-15-30-27)8-5-12-29(28(32)33)13-16-31(17-14-29)24-18-23(19-24)21-6-3-2-4-7-21/h2-4,6-7,9-11,15,20,23-24H,5,8,12-14,16-19H2,1H3,(H,32,33). The zero-order valence-electron chi connectivity index (χ0n) is 20.0. The first-order valence-corrected chi connectivity index (χ1v) is 12.5. The summed E-state index contributed by atoms with van der Waals surface area (Å²) in [7, 11) is 1.67. The molecule has 3 aromatic rings. The predicted molar refractivity (Wildman–Crippen MR) is 134 cm³/mol. The molecule has 2 aliphatic rings. The fourth-order valence-electron chi connectivity index (χ4n) is 5.92. The molecule has 0 bridgehead atoms. The van der Waals surface area contributed by atoms with Crippen molar-refractivity contribution in [3.8, 4) is 5.75 Å². The molecule has 0 atom stereocenters. The average molecular weight is 459 g/mol. The monoisotopic (exact) mass is 458 g/mol. The molecule has 1 aliphatic carbocycles. The number of piperidine rings is 1. The minimum atomic E-state index is -0.621. The van der Waals surface area contributed by atoms with Gasteiger partial charge in [0.25, 0.3) is 0 Å². The highest BCUT2D eigenvalue weighted by molar-refractivity contribution is 5.83. The van der Waals surface area contributed by atoms with Crippen LogP contribution in [0.25, 0.3) is 10.9 Å². The molecule has 1 aliphatic heterocycles. The Balaban J connectivity index is 1.17. The number of aryl methyl sites for hydroxylation is 1. The summed E-state index contributed by atoms with van der Waals surface area (Å²) in [5.74, 6) is 0.858. The van der Waals surface area contributed by atoms with Crippen molar-refractivity contribution < 1.29 is 14.6 Å². The molecule has 5 rings (SSSR count). The van der Waals surface area contributed by atoms with E-state index < -0.39 is 11.4 Å². The number of benzene rings is 2. The summed E-state index contributed by atoms with van der Waals surface area (Å²) in [5, 5.41) is 11.3. The Morgan fingerprint density at radius 2 is 1.88 bits per heavy atom. The number of aliphatic carboxylic acids is 1. The van der Waals surface area contributed by atoms with Gasteiger partial charge >= 0.3 is 5.97 Å². The van der Waals surface area contributed by atoms with Crippen molar-refractivity contribution in [1.82, 2.24) is 9.88 Å². The Morgan fingerprint density at radius 3 is 2.59 bits per heavy atom. The van der Waals surface area contributed by atoms with Crippen molar-refractivity contribution in [2.45, 2.75) is 56.9 Å². The zero-order valence-corrected chi connectivity index (χ0v) is 20.0. The summed E-state index contributed by atoms with van der Waals surface area (Å²) in [6.07, 6.45) is 8.18. The second kappa shape index (κ2) is 9.75. The van der Waals surface area contributed by atoms with Crippen LogP contribution in [0, 0.1) is 5.41 Å². The predicted octanol–water partition coefficient (Wildman–Crippen LogP) is 5.68. The van der Waals surface area contributed by atoms with E-state index in [-0.39, 0.29) is 0 Å². The largest absolute Gasteiger partial charge is 0.497 e. The first-order chi connectivity index (χ1) is 16.6. The number of nitrogens with zero attached hydrogens (tertiary/aromatic N) is 2. The molecule has 1 aromatic heterocycles. The third kappa shape index (κ3) is 4.54. The van der Waals surface area contributed by atoms with Gasteiger partial charge in [0.15, 0.2) is 0 Å². The second-order valence-corrected chi connectivity index (χ2v) is 10.1. The zero-order chi connectivity index (χ0) is 23.5. The Bertz CT molecular complexity index is 1130. The van der Waals surface area contributed by atoms with Gasteiger partial charge in [-0.05, 0) is 99.3 Å². The molecule has 2 heterocycles. The lowest BCUT2D eigenvalue weighted by atomic mass is 9.71. The van der Waals surface area contributed by atoms with E-state index in [0.29, 0.717) is 12.0 Å². The summed E-state index contributed by atoms with van der Waals surface area (Å²) in [4.78, 5) is 19.4. The van der Waals surface area contributed by atoms with Crippen LogP contribution in [0.3, 0.4) is 0 Å². The maximum Gasteiger partial charge on any atom is 0.309 e. The van der Waals surface area contributed by atoms with E-state index in [1.807, 2.05) is 24.4 Å². The van der Waals surface area contributed by atoms with Crippen molar-refractivity contribution in [2.24, 2.45) is 5.41 Å². The number of aromatic nitrogens is 1. The molecule has 2 aromatic carbocycles. The Labute approximate surface area is 201 Å². The maximum absolute atomic E-state index is 12.4. The van der Waals surface area contributed by atoms with Gasteiger partial charge in [-0.15, -0.1) is 0 Å². The molecule has 34 heavy (non-hydrogen) atoms. The molecule has 0 spiro atoms. The van der Waals surface area contributed by atoms with Crippen molar-refractivity contribution in [1.29, 1.82) is 0 Å². The van der Waals surface area contributed by atoms with Gasteiger partial charge in [-0.3, -0.25) is 9.78 Å². The average Bonchev–Trinajstić information content (AvgIpc) is 2.84. The molecule has 5 heteroatoms. The Kier molecular flexibility index (Phi) is 6.55. The summed E-state index contributed by atoms with van der Waals surface area (Å²) < 4.78 is 5.39. The highest BCUT2D eigenvalue weighted by Crippen LogP contribution is 2.44. The van der Waals surface area contributed by atoms with Crippen molar-refractivity contribution in [2.75, 3.05) is 20.2 Å². The molecule has 0 amide bonds. The molecule has 0 unspecified atom stereocenters. The normalized spacial score (nSPS) is 22.3. The number of fused-ring (bicyclic) bond motifs is 1. The summed E-state index contributed by atoms with van der Waals surface area (Å²) in [5.41, 5.74) is 3.01. The number of methoxy groups -OCH3 is 1. The number of carboxylic acid groups (broad SMARTS) is 1. The second-order valence-electron chi connectivity index (χ2n) is 10.1. The van der Waals surface area contributed by atoms with Crippen LogP contribution in [0.5, 0.6) is 5.75 Å². The molecule has 178 valence electrons. The lowest BCUT2D eigenvalue weighted by molar-refractivity contribution is -0.153. The smallest absolute Gasteiger partial charge is 0.309 e. The van der Waals surface area contributed by atoms with E-state index >= 15 is 0 Å². The van der Waals surface area contributed by atoms with Gasteiger partial charge in [-0.1, -0.05) is 30.3 Å². The van der Waals surface area contributed by atoms with Gasteiger partial charge in [0.2, 0.25) is 0 Å². The van der Waals surface area contributed by atoms with Crippen LogP contribution in [-0.2, 0) is 11.2 Å². The Morgan fingerprint density at radius 1 is 1.12 bits per heavy atom. The molecule has 1 saturated heterocycles. The van der Waals surface area contributed by atoms with E-state index in [9.17, 15) is 9.90 Å². The molecule has 2 fully saturated rings. The number of rotatable bonds is 8. The molecule has 5 nitrogen and oxygen atoms in total. The molecule has 1 N–H and O–H groups in total. The fourth-order valence-corrected chi connectivity index (χ4v) is 5.92. The highest BCUT2D eigenvalue weighted by Gasteiger charge is 2.44. The fraction of sp³-hybridized carbons (Fsp3) is 0.448. The van der Waals surface area contributed by atoms with Crippen molar-refractivity contribution in [3.63, 3.8) is 0 Å². The first-order valence-electron chi connectivity index (χ1n) is 12.5. The lowest BCUT2D eigenvalue weighted by Crippen LogP contribution is -2.51. The molecule has 1 saturated carbocycles. The SMILES string of the molecule is COc1ccc2nccc(CCCC3(C(=O)O)CCN(C4CC(c5ccccc5)C4)CC3)c2c1. The number of pyridine rings is 1.